The second-order valence-electron chi connectivity index (χ2n) is 2.82. The molecule has 0 fully saturated rings. The van der Waals surface area contributed by atoms with E-state index in [9.17, 15) is 0 Å². The number of rotatable bonds is 1. The number of aryl methyl sites for hydroxylation is 1. The molecule has 0 radical (unpaired) electrons. The third-order valence-electron chi connectivity index (χ3n) is 1.76. The van der Waals surface area contributed by atoms with E-state index in [-0.39, 0.29) is 0 Å². The van der Waals surface area contributed by atoms with E-state index in [1.165, 1.54) is 5.56 Å². The van der Waals surface area contributed by atoms with Crippen LogP contribution < -0.4 is 0 Å². The van der Waals surface area contributed by atoms with Gasteiger partial charge in [-0.1, -0.05) is 43.5 Å². The zero-order chi connectivity index (χ0) is 11.7. The van der Waals surface area contributed by atoms with Crippen LogP contribution in [-0.4, -0.2) is 12.8 Å². The van der Waals surface area contributed by atoms with Crippen LogP contribution in [0, 0.1) is 18.8 Å². The molecule has 0 amide bonds. The first-order valence-electron chi connectivity index (χ1n) is 5.24. The van der Waals surface area contributed by atoms with Crippen molar-refractivity contribution < 1.29 is 0 Å². The summed E-state index contributed by atoms with van der Waals surface area (Å²) < 4.78 is 0. The van der Waals surface area contributed by atoms with Crippen molar-refractivity contribution in [2.75, 3.05) is 7.05 Å². The van der Waals surface area contributed by atoms with Crippen LogP contribution in [-0.2, 0) is 0 Å². The number of hydrogen-bond donors (Lipinski definition) is 0. The third kappa shape index (κ3) is 4.46. The van der Waals surface area contributed by atoms with E-state index in [4.69, 9.17) is 0 Å². The molecule has 1 aromatic rings. The van der Waals surface area contributed by atoms with Gasteiger partial charge in [0.1, 0.15) is 5.71 Å². The summed E-state index contributed by atoms with van der Waals surface area (Å²) in [6.45, 7) is 7.89. The minimum Gasteiger partial charge on any atom is -0.279 e. The number of benzene rings is 1. The Morgan fingerprint density at radius 3 is 2.40 bits per heavy atom. The molecule has 0 bridgehead atoms. The molecule has 0 atom stereocenters. The minimum absolute atomic E-state index is 0.853. The van der Waals surface area contributed by atoms with Gasteiger partial charge in [-0.25, -0.2) is 0 Å². The first-order valence-corrected chi connectivity index (χ1v) is 5.24. The summed E-state index contributed by atoms with van der Waals surface area (Å²) >= 11 is 0. The van der Waals surface area contributed by atoms with Crippen molar-refractivity contribution in [3.63, 3.8) is 0 Å². The van der Waals surface area contributed by atoms with E-state index in [0.717, 1.165) is 11.3 Å². The fraction of sp³-hybridized carbons (Fsp3) is 0.357. The van der Waals surface area contributed by atoms with Crippen molar-refractivity contribution in [2.24, 2.45) is 4.99 Å². The van der Waals surface area contributed by atoms with Crippen molar-refractivity contribution in [1.29, 1.82) is 0 Å². The Hall–Kier alpha value is -1.55. The number of hydrogen-bond acceptors (Lipinski definition) is 1. The van der Waals surface area contributed by atoms with Crippen LogP contribution in [0.15, 0.2) is 29.3 Å². The summed E-state index contributed by atoms with van der Waals surface area (Å²) in [6.07, 6.45) is 0. The monoisotopic (exact) mass is 201 g/mol. The smallest absolute Gasteiger partial charge is 0.114 e. The molecule has 0 heterocycles. The Bertz CT molecular complexity index is 378. The van der Waals surface area contributed by atoms with Crippen LogP contribution in [0.5, 0.6) is 0 Å². The molecule has 0 saturated carbocycles. The Balaban J connectivity index is 0.000000921. The third-order valence-corrected chi connectivity index (χ3v) is 1.76. The zero-order valence-electron chi connectivity index (χ0n) is 10.3. The van der Waals surface area contributed by atoms with Gasteiger partial charge in [-0.15, -0.1) is 0 Å². The summed E-state index contributed by atoms with van der Waals surface area (Å²) in [6, 6.07) is 8.20. The van der Waals surface area contributed by atoms with Crippen molar-refractivity contribution in [3.05, 3.63) is 35.4 Å². The van der Waals surface area contributed by atoms with Crippen LogP contribution in [0.3, 0.4) is 0 Å². The summed E-state index contributed by atoms with van der Waals surface area (Å²) in [5, 5.41) is 0. The Morgan fingerprint density at radius 1 is 1.27 bits per heavy atom. The van der Waals surface area contributed by atoms with Gasteiger partial charge in [-0.05, 0) is 25.8 Å². The molecule has 15 heavy (non-hydrogen) atoms. The molecule has 0 aliphatic carbocycles. The zero-order valence-corrected chi connectivity index (χ0v) is 10.3. The molecule has 80 valence electrons. The van der Waals surface area contributed by atoms with Crippen molar-refractivity contribution in [1.82, 2.24) is 0 Å². The predicted octanol–water partition coefficient (Wildman–Crippen LogP) is 3.46. The maximum Gasteiger partial charge on any atom is 0.114 e. The van der Waals surface area contributed by atoms with Gasteiger partial charge >= 0.3 is 0 Å². The van der Waals surface area contributed by atoms with Crippen LogP contribution in [0.2, 0.25) is 0 Å². The average Bonchev–Trinajstić information content (AvgIpc) is 2.28. The molecule has 0 aliphatic rings. The highest BCUT2D eigenvalue weighted by molar-refractivity contribution is 6.12. The van der Waals surface area contributed by atoms with Gasteiger partial charge in [0.15, 0.2) is 0 Å². The van der Waals surface area contributed by atoms with Crippen LogP contribution in [0.25, 0.3) is 0 Å². The van der Waals surface area contributed by atoms with E-state index in [2.05, 4.69) is 35.9 Å². The second-order valence-corrected chi connectivity index (χ2v) is 2.82. The highest BCUT2D eigenvalue weighted by atomic mass is 14.7. The molecule has 0 aromatic heterocycles. The Labute approximate surface area is 93.3 Å². The Kier molecular flexibility index (Phi) is 7.01. The van der Waals surface area contributed by atoms with Gasteiger partial charge in [-0.2, -0.15) is 0 Å². The van der Waals surface area contributed by atoms with Gasteiger partial charge in [-0.3, -0.25) is 4.99 Å². The normalized spacial score (nSPS) is 9.53. The maximum absolute atomic E-state index is 4.13. The highest BCUT2D eigenvalue weighted by Gasteiger charge is 1.97. The fourth-order valence-electron chi connectivity index (χ4n) is 1.17. The van der Waals surface area contributed by atoms with Gasteiger partial charge < -0.3 is 0 Å². The minimum atomic E-state index is 0.853. The topological polar surface area (TPSA) is 12.4 Å². The van der Waals surface area contributed by atoms with Crippen molar-refractivity contribution in [2.45, 2.75) is 27.7 Å². The molecule has 1 nitrogen and oxygen atoms in total. The van der Waals surface area contributed by atoms with Gasteiger partial charge in [0.25, 0.3) is 0 Å². The molecule has 1 heteroatoms. The molecular weight excluding hydrogens is 182 g/mol. The van der Waals surface area contributed by atoms with E-state index in [1.54, 1.807) is 7.05 Å². The van der Waals surface area contributed by atoms with Crippen LogP contribution in [0.4, 0.5) is 0 Å². The molecule has 0 aliphatic heterocycles. The molecular formula is C14H19N. The molecule has 1 aromatic carbocycles. The summed E-state index contributed by atoms with van der Waals surface area (Å²) in [5.74, 6) is 5.83. The first-order chi connectivity index (χ1) is 7.27. The van der Waals surface area contributed by atoms with Crippen LogP contribution >= 0.6 is 0 Å². The molecule has 1 rings (SSSR count). The summed E-state index contributed by atoms with van der Waals surface area (Å²) in [7, 11) is 1.77. The van der Waals surface area contributed by atoms with Crippen molar-refractivity contribution in [3.8, 4) is 11.8 Å². The first kappa shape index (κ1) is 13.4. The van der Waals surface area contributed by atoms with Crippen LogP contribution in [0.1, 0.15) is 31.9 Å². The van der Waals surface area contributed by atoms with E-state index in [0.29, 0.717) is 0 Å². The highest BCUT2D eigenvalue weighted by Crippen LogP contribution is 2.04. The predicted molar refractivity (Wildman–Crippen MR) is 68.4 cm³/mol. The van der Waals surface area contributed by atoms with E-state index < -0.39 is 0 Å². The van der Waals surface area contributed by atoms with Gasteiger partial charge in [0, 0.05) is 12.6 Å². The lowest BCUT2D eigenvalue weighted by Crippen LogP contribution is -1.96. The lowest BCUT2D eigenvalue weighted by Gasteiger charge is -1.99. The summed E-state index contributed by atoms with van der Waals surface area (Å²) in [5.41, 5.74) is 3.18. The van der Waals surface area contributed by atoms with E-state index in [1.807, 2.05) is 32.9 Å². The SMILES string of the molecule is CC.CC#CC(=NC)c1cccc(C)c1. The van der Waals surface area contributed by atoms with Gasteiger partial charge in [0.2, 0.25) is 0 Å². The summed E-state index contributed by atoms with van der Waals surface area (Å²) in [4.78, 5) is 4.13. The van der Waals surface area contributed by atoms with E-state index >= 15 is 0 Å². The molecule has 0 unspecified atom stereocenters. The lowest BCUT2D eigenvalue weighted by atomic mass is 10.1. The molecule has 0 spiro atoms. The molecule has 0 saturated heterocycles. The second kappa shape index (κ2) is 7.82. The maximum atomic E-state index is 4.13. The average molecular weight is 201 g/mol. The standard InChI is InChI=1S/C12H13N.C2H6/c1-4-6-12(13-3)11-8-5-7-10(2)9-11;1-2/h5,7-9H,1-3H3;1-2H3. The Morgan fingerprint density at radius 2 is 1.93 bits per heavy atom. The van der Waals surface area contributed by atoms with Gasteiger partial charge in [0.05, 0.1) is 0 Å². The largest absolute Gasteiger partial charge is 0.279 e. The number of aliphatic imine (C=N–C) groups is 1. The lowest BCUT2D eigenvalue weighted by molar-refractivity contribution is 1.41. The quantitative estimate of drug-likeness (QED) is 0.487. The number of nitrogens with zero attached hydrogens (tertiary/aromatic N) is 1. The molecule has 0 N–H and O–H groups in total. The van der Waals surface area contributed by atoms with Crippen molar-refractivity contribution >= 4 is 5.71 Å². The fourth-order valence-corrected chi connectivity index (χ4v) is 1.17.